The predicted molar refractivity (Wildman–Crippen MR) is 201 cm³/mol. The topological polar surface area (TPSA) is 25.1 Å². The van der Waals surface area contributed by atoms with Crippen LogP contribution in [0, 0.1) is 17.3 Å². The first-order chi connectivity index (χ1) is 20.4. The summed E-state index contributed by atoms with van der Waals surface area (Å²) in [5, 5.41) is 0. The third-order valence-corrected chi connectivity index (χ3v) is 34.3. The first-order valence-corrected chi connectivity index (χ1v) is 31.5. The summed E-state index contributed by atoms with van der Waals surface area (Å²) in [5.41, 5.74) is -0.176. The summed E-state index contributed by atoms with van der Waals surface area (Å²) in [6, 6.07) is 5.30. The maximum atomic E-state index is 14.6. The standard InChI is InChI=1S/C37H71FO2Si4/c1-29(43(8,9)24-18-31-14-16-33-35(26-31)39-33)41(4,5)22-12-20-37(3,28-38)21-13-23-42(6,7)30(2)44(10,11)25-19-32-15-17-34-36(27-32)40-34/h31-36H,1-2,12-28H2,3-11H3. The number of alkyl halides is 1. The lowest BCUT2D eigenvalue weighted by Crippen LogP contribution is -2.44. The highest BCUT2D eigenvalue weighted by Crippen LogP contribution is 2.44. The molecule has 0 spiro atoms. The van der Waals surface area contributed by atoms with E-state index in [1.54, 1.807) is 9.64 Å². The molecular formula is C37H71FO2Si4. The number of rotatable bonds is 19. The maximum absolute atomic E-state index is 14.6. The van der Waals surface area contributed by atoms with Gasteiger partial charge in [0.2, 0.25) is 0 Å². The van der Waals surface area contributed by atoms with Gasteiger partial charge in [-0.2, -0.15) is 0 Å². The molecule has 0 amide bonds. The molecule has 0 aromatic rings. The van der Waals surface area contributed by atoms with E-state index in [4.69, 9.17) is 22.6 Å². The molecule has 2 saturated heterocycles. The van der Waals surface area contributed by atoms with Crippen molar-refractivity contribution in [2.75, 3.05) is 6.67 Å². The molecular weight excluding hydrogens is 608 g/mol. The third kappa shape index (κ3) is 9.87. The first-order valence-electron chi connectivity index (χ1n) is 18.6. The fourth-order valence-electron chi connectivity index (χ4n) is 9.24. The van der Waals surface area contributed by atoms with E-state index in [-0.39, 0.29) is 12.1 Å². The van der Waals surface area contributed by atoms with Gasteiger partial charge < -0.3 is 9.47 Å². The summed E-state index contributed by atoms with van der Waals surface area (Å²) in [5.74, 6) is 1.74. The van der Waals surface area contributed by atoms with Gasteiger partial charge in [-0.05, 0) is 68.6 Å². The molecule has 2 aliphatic heterocycles. The van der Waals surface area contributed by atoms with Crippen LogP contribution in [0.1, 0.15) is 84.0 Å². The second-order valence-electron chi connectivity index (χ2n) is 19.0. The Morgan fingerprint density at radius 3 is 1.32 bits per heavy atom. The average Bonchev–Trinajstić information content (AvgIpc) is 3.88. The van der Waals surface area contributed by atoms with Gasteiger partial charge in [-0.1, -0.05) is 119 Å². The fourth-order valence-corrected chi connectivity index (χ4v) is 31.0. The van der Waals surface area contributed by atoms with Crippen LogP contribution in [0.25, 0.3) is 0 Å². The van der Waals surface area contributed by atoms with E-state index in [2.05, 4.69) is 59.3 Å². The van der Waals surface area contributed by atoms with Crippen LogP contribution in [0.3, 0.4) is 0 Å². The Bertz CT molecular complexity index is 933. The minimum Gasteiger partial charge on any atom is -0.370 e. The Kier molecular flexibility index (Phi) is 12.1. The van der Waals surface area contributed by atoms with Crippen LogP contribution in [-0.2, 0) is 9.47 Å². The number of hydrogen-bond donors (Lipinski definition) is 0. The van der Waals surface area contributed by atoms with Crippen molar-refractivity contribution >= 4 is 32.3 Å². The van der Waals surface area contributed by atoms with Gasteiger partial charge in [0, 0.05) is 0 Å². The number of halogens is 1. The smallest absolute Gasteiger partial charge is 0.0947 e. The molecule has 44 heavy (non-hydrogen) atoms. The molecule has 2 aliphatic carbocycles. The minimum atomic E-state index is -1.55. The molecule has 0 radical (unpaired) electrons. The van der Waals surface area contributed by atoms with Gasteiger partial charge in [-0.25, -0.2) is 0 Å². The van der Waals surface area contributed by atoms with Gasteiger partial charge in [0.1, 0.15) is 0 Å². The Morgan fingerprint density at radius 1 is 0.614 bits per heavy atom. The molecule has 0 aromatic carbocycles. The zero-order valence-electron chi connectivity index (χ0n) is 30.6. The molecule has 7 heteroatoms. The number of epoxide rings is 2. The van der Waals surface area contributed by atoms with E-state index in [1.165, 1.54) is 75.5 Å². The number of ether oxygens (including phenoxy) is 2. The van der Waals surface area contributed by atoms with E-state index in [9.17, 15) is 4.39 Å². The summed E-state index contributed by atoms with van der Waals surface area (Å²) >= 11 is 0. The zero-order valence-corrected chi connectivity index (χ0v) is 34.6. The highest BCUT2D eigenvalue weighted by atomic mass is 28.4. The van der Waals surface area contributed by atoms with Crippen LogP contribution in [0.5, 0.6) is 0 Å². The van der Waals surface area contributed by atoms with E-state index in [0.29, 0.717) is 24.4 Å². The van der Waals surface area contributed by atoms with Gasteiger partial charge in [-0.3, -0.25) is 4.39 Å². The fraction of sp³-hybridized carbons (Fsp3) is 0.892. The monoisotopic (exact) mass is 678 g/mol. The Hall–Kier alpha value is 0.198. The largest absolute Gasteiger partial charge is 0.370 e. The second kappa shape index (κ2) is 14.4. The highest BCUT2D eigenvalue weighted by Gasteiger charge is 2.46. The lowest BCUT2D eigenvalue weighted by atomic mass is 9.83. The van der Waals surface area contributed by atoms with Crippen molar-refractivity contribution < 1.29 is 13.9 Å². The summed E-state index contributed by atoms with van der Waals surface area (Å²) in [6.45, 7) is 32.1. The molecule has 2 saturated carbocycles. The van der Waals surface area contributed by atoms with Crippen molar-refractivity contribution in [3.8, 4) is 0 Å². The van der Waals surface area contributed by atoms with Crippen molar-refractivity contribution in [2.24, 2.45) is 17.3 Å². The molecule has 6 atom stereocenters. The lowest BCUT2D eigenvalue weighted by molar-refractivity contribution is 0.194. The summed E-state index contributed by atoms with van der Waals surface area (Å²) in [4.78, 5) is 3.32. The molecule has 2 nitrogen and oxygen atoms in total. The molecule has 0 bridgehead atoms. The van der Waals surface area contributed by atoms with Crippen LogP contribution in [0.2, 0.25) is 76.6 Å². The number of hydrogen-bond acceptors (Lipinski definition) is 2. The van der Waals surface area contributed by atoms with Gasteiger partial charge >= 0.3 is 0 Å². The normalized spacial score (nSPS) is 30.2. The van der Waals surface area contributed by atoms with E-state index >= 15 is 0 Å². The first kappa shape index (κ1) is 37.0. The molecule has 4 aliphatic rings. The van der Waals surface area contributed by atoms with Crippen molar-refractivity contribution in [1.82, 2.24) is 0 Å². The zero-order chi connectivity index (χ0) is 32.6. The number of fused-ring (bicyclic) bond motifs is 2. The molecule has 4 fully saturated rings. The van der Waals surface area contributed by atoms with Gasteiger partial charge in [0.15, 0.2) is 0 Å². The Balaban J connectivity index is 1.18. The maximum Gasteiger partial charge on any atom is 0.0947 e. The molecule has 254 valence electrons. The van der Waals surface area contributed by atoms with Crippen molar-refractivity contribution in [3.05, 3.63) is 22.8 Å². The van der Waals surface area contributed by atoms with Crippen LogP contribution in [0.15, 0.2) is 22.8 Å². The minimum absolute atomic E-state index is 0.176. The van der Waals surface area contributed by atoms with Crippen LogP contribution in [-0.4, -0.2) is 63.4 Å². The van der Waals surface area contributed by atoms with E-state index in [0.717, 1.165) is 37.5 Å². The van der Waals surface area contributed by atoms with E-state index in [1.807, 2.05) is 0 Å². The van der Waals surface area contributed by atoms with E-state index < -0.39 is 32.3 Å². The van der Waals surface area contributed by atoms with Crippen molar-refractivity contribution in [2.45, 2.75) is 185 Å². The lowest BCUT2D eigenvalue weighted by Gasteiger charge is -2.38. The molecule has 6 unspecified atom stereocenters. The van der Waals surface area contributed by atoms with Crippen molar-refractivity contribution in [3.63, 3.8) is 0 Å². The molecule has 0 N–H and O–H groups in total. The highest BCUT2D eigenvalue weighted by molar-refractivity contribution is 7.06. The van der Waals surface area contributed by atoms with Gasteiger partial charge in [0.05, 0.1) is 63.4 Å². The van der Waals surface area contributed by atoms with Gasteiger partial charge in [-0.15, -0.1) is 13.2 Å². The molecule has 4 rings (SSSR count). The Morgan fingerprint density at radius 2 is 0.977 bits per heavy atom. The van der Waals surface area contributed by atoms with Crippen LogP contribution < -0.4 is 0 Å². The third-order valence-electron chi connectivity index (χ3n) is 13.3. The molecule has 2 heterocycles. The van der Waals surface area contributed by atoms with Crippen LogP contribution >= 0.6 is 0 Å². The quantitative estimate of drug-likeness (QED) is 0.100. The second-order valence-corrected chi connectivity index (χ2v) is 39.5. The summed E-state index contributed by atoms with van der Waals surface area (Å²) in [6.07, 6.45) is 17.4. The summed E-state index contributed by atoms with van der Waals surface area (Å²) in [7, 11) is -6.06. The summed E-state index contributed by atoms with van der Waals surface area (Å²) < 4.78 is 26.2. The average molecular weight is 679 g/mol. The SMILES string of the molecule is C=C([Si](C)(C)CCCC(C)(CF)CCC[Si](C)(C)C(=C)[Si](C)(C)CCC1CCC2OC2C1)[Si](C)(C)CCC1CCC2OC2C1. The van der Waals surface area contributed by atoms with Crippen molar-refractivity contribution in [1.29, 1.82) is 0 Å². The predicted octanol–water partition coefficient (Wildman–Crippen LogP) is 11.5. The Labute approximate surface area is 276 Å². The van der Waals surface area contributed by atoms with Crippen LogP contribution in [0.4, 0.5) is 4.39 Å². The molecule has 0 aromatic heterocycles. The van der Waals surface area contributed by atoms with Gasteiger partial charge in [0.25, 0.3) is 0 Å².